The van der Waals surface area contributed by atoms with E-state index in [1.807, 2.05) is 25.1 Å². The molecule has 2 aromatic rings. The largest absolute Gasteiger partial charge is 0.388 e. The second kappa shape index (κ2) is 10.4. The molecule has 0 bridgehead atoms. The molecule has 2 N–H and O–H groups in total. The Labute approximate surface area is 237 Å². The van der Waals surface area contributed by atoms with Crippen molar-refractivity contribution in [2.24, 2.45) is 0 Å². The van der Waals surface area contributed by atoms with Gasteiger partial charge in [0.25, 0.3) is 0 Å². The van der Waals surface area contributed by atoms with Crippen LogP contribution >= 0.6 is 0 Å². The van der Waals surface area contributed by atoms with Crippen molar-refractivity contribution in [3.05, 3.63) is 34.2 Å². The first-order chi connectivity index (χ1) is 19.3. The van der Waals surface area contributed by atoms with Crippen molar-refractivity contribution >= 4 is 11.0 Å². The first-order valence-corrected chi connectivity index (χ1v) is 14.0. The van der Waals surface area contributed by atoms with E-state index in [4.69, 9.17) is 37.9 Å². The van der Waals surface area contributed by atoms with Gasteiger partial charge in [-0.1, -0.05) is 6.07 Å². The van der Waals surface area contributed by atoms with Crippen molar-refractivity contribution in [2.75, 3.05) is 14.2 Å². The van der Waals surface area contributed by atoms with Gasteiger partial charge in [0, 0.05) is 14.2 Å². The average molecular weight is 581 g/mol. The number of imidazole rings is 1. The first kappa shape index (κ1) is 29.2. The lowest BCUT2D eigenvalue weighted by Crippen LogP contribution is -2.46. The minimum atomic E-state index is -1.11. The van der Waals surface area contributed by atoms with Crippen LogP contribution in [-0.4, -0.2) is 107 Å². The molecule has 4 aliphatic rings. The van der Waals surface area contributed by atoms with E-state index in [1.54, 1.807) is 27.7 Å². The maximum Gasteiger partial charge on any atom is 0.329 e. The zero-order chi connectivity index (χ0) is 29.4. The van der Waals surface area contributed by atoms with Crippen LogP contribution in [0.25, 0.3) is 11.0 Å². The molecule has 4 saturated heterocycles. The summed E-state index contributed by atoms with van der Waals surface area (Å²) in [5.74, 6) is -1.66. The summed E-state index contributed by atoms with van der Waals surface area (Å²) >= 11 is 0. The van der Waals surface area contributed by atoms with Crippen molar-refractivity contribution in [3.63, 3.8) is 0 Å². The van der Waals surface area contributed by atoms with Gasteiger partial charge < -0.3 is 48.1 Å². The molecule has 0 aliphatic carbocycles. The van der Waals surface area contributed by atoms with E-state index in [0.29, 0.717) is 11.0 Å². The Kier molecular flexibility index (Phi) is 7.38. The standard InChI is InChI=1S/C28H40N2O11/c1-13-8-9-14-15(10-13)30(12-17(32)19-21(35-7)23-25(37-19)41-28(4,5)39-23)26(33)29(14)11-16(31)18-20(34-6)22-24(36-18)40-27(2,3)38-22/h8-10,16-25,31-32H,11-12H2,1-7H3. The molecule has 5 heterocycles. The lowest BCUT2D eigenvalue weighted by atomic mass is 10.1. The Bertz CT molecular complexity index is 1340. The van der Waals surface area contributed by atoms with E-state index >= 15 is 0 Å². The van der Waals surface area contributed by atoms with Crippen LogP contribution in [0.15, 0.2) is 23.0 Å². The van der Waals surface area contributed by atoms with Gasteiger partial charge in [0.05, 0.1) is 24.1 Å². The van der Waals surface area contributed by atoms with Crippen molar-refractivity contribution in [1.82, 2.24) is 9.13 Å². The van der Waals surface area contributed by atoms with Gasteiger partial charge in [-0.05, 0) is 52.3 Å². The highest BCUT2D eigenvalue weighted by molar-refractivity contribution is 5.77. The SMILES string of the molecule is COC1C(C(O)Cn2c(=O)n(CC(O)C3OC4OC(C)(C)OC4C3OC)c3cc(C)ccc32)OC2OC(C)(C)OC21. The van der Waals surface area contributed by atoms with E-state index in [0.717, 1.165) is 5.56 Å². The van der Waals surface area contributed by atoms with Crippen LogP contribution in [0, 0.1) is 6.92 Å². The predicted octanol–water partition coefficient (Wildman–Crippen LogP) is 0.616. The highest BCUT2D eigenvalue weighted by Gasteiger charge is 2.58. The molecule has 0 spiro atoms. The molecule has 10 unspecified atom stereocenters. The van der Waals surface area contributed by atoms with Gasteiger partial charge in [0.15, 0.2) is 24.2 Å². The van der Waals surface area contributed by atoms with E-state index in [-0.39, 0.29) is 13.1 Å². The molecule has 1 aromatic heterocycles. The molecule has 13 heteroatoms. The molecule has 13 nitrogen and oxygen atoms in total. The number of aliphatic hydroxyl groups is 2. The number of methoxy groups -OCH3 is 2. The number of aromatic nitrogens is 2. The van der Waals surface area contributed by atoms with E-state index in [9.17, 15) is 15.0 Å². The Morgan fingerprint density at radius 3 is 1.73 bits per heavy atom. The predicted molar refractivity (Wildman–Crippen MR) is 142 cm³/mol. The fourth-order valence-corrected chi connectivity index (χ4v) is 6.53. The molecule has 228 valence electrons. The molecule has 6 rings (SSSR count). The number of aryl methyl sites for hydroxylation is 1. The zero-order valence-electron chi connectivity index (χ0n) is 24.4. The summed E-state index contributed by atoms with van der Waals surface area (Å²) in [6.45, 7) is 8.93. The van der Waals surface area contributed by atoms with Gasteiger partial charge >= 0.3 is 5.69 Å². The molecular weight excluding hydrogens is 540 g/mol. The smallest absolute Gasteiger partial charge is 0.329 e. The lowest BCUT2D eigenvalue weighted by Gasteiger charge is -2.28. The van der Waals surface area contributed by atoms with Crippen LogP contribution in [-0.2, 0) is 51.0 Å². The third-order valence-electron chi connectivity index (χ3n) is 8.27. The number of hydrogen-bond donors (Lipinski definition) is 2. The second-order valence-corrected chi connectivity index (χ2v) is 12.2. The summed E-state index contributed by atoms with van der Waals surface area (Å²) in [7, 11) is 3.05. The van der Waals surface area contributed by atoms with Gasteiger partial charge in [-0.2, -0.15) is 0 Å². The van der Waals surface area contributed by atoms with Crippen molar-refractivity contribution in [1.29, 1.82) is 0 Å². The number of aliphatic hydroxyl groups excluding tert-OH is 2. The van der Waals surface area contributed by atoms with Gasteiger partial charge in [-0.25, -0.2) is 4.79 Å². The summed E-state index contributed by atoms with van der Waals surface area (Å²) in [4.78, 5) is 13.8. The zero-order valence-corrected chi connectivity index (χ0v) is 24.4. The Morgan fingerprint density at radius 1 is 0.805 bits per heavy atom. The summed E-state index contributed by atoms with van der Waals surface area (Å²) < 4.78 is 49.8. The summed E-state index contributed by atoms with van der Waals surface area (Å²) in [5.41, 5.74) is 1.76. The minimum absolute atomic E-state index is 0.0726. The van der Waals surface area contributed by atoms with Crippen LogP contribution < -0.4 is 5.69 Å². The monoisotopic (exact) mass is 580 g/mol. The third kappa shape index (κ3) is 5.05. The molecule has 0 radical (unpaired) electrons. The third-order valence-corrected chi connectivity index (χ3v) is 8.27. The maximum atomic E-state index is 13.8. The highest BCUT2D eigenvalue weighted by Crippen LogP contribution is 2.41. The minimum Gasteiger partial charge on any atom is -0.388 e. The molecule has 0 amide bonds. The highest BCUT2D eigenvalue weighted by atomic mass is 16.9. The molecule has 4 fully saturated rings. The average Bonchev–Trinajstić information content (AvgIpc) is 3.63. The molecule has 0 saturated carbocycles. The Morgan fingerprint density at radius 2 is 1.27 bits per heavy atom. The number of rotatable bonds is 8. The Hall–Kier alpha value is -1.91. The number of nitrogens with zero attached hydrogens (tertiary/aromatic N) is 2. The fraction of sp³-hybridized carbons (Fsp3) is 0.750. The molecular formula is C28H40N2O11. The normalized spacial score (nSPS) is 37.0. The summed E-state index contributed by atoms with van der Waals surface area (Å²) in [5, 5.41) is 22.6. The first-order valence-electron chi connectivity index (χ1n) is 14.0. The summed E-state index contributed by atoms with van der Waals surface area (Å²) in [6, 6.07) is 5.59. The van der Waals surface area contributed by atoms with Gasteiger partial charge in [-0.3, -0.25) is 9.13 Å². The summed E-state index contributed by atoms with van der Waals surface area (Å²) in [6.07, 6.45) is -7.39. The Balaban J connectivity index is 1.25. The topological polar surface area (TPSA) is 141 Å². The van der Waals surface area contributed by atoms with Crippen LogP contribution in [0.3, 0.4) is 0 Å². The second-order valence-electron chi connectivity index (χ2n) is 12.2. The molecule has 4 aliphatic heterocycles. The quantitative estimate of drug-likeness (QED) is 0.454. The van der Waals surface area contributed by atoms with Crippen LogP contribution in [0.5, 0.6) is 0 Å². The maximum absolute atomic E-state index is 13.8. The fourth-order valence-electron chi connectivity index (χ4n) is 6.53. The van der Waals surface area contributed by atoms with Crippen LogP contribution in [0.2, 0.25) is 0 Å². The van der Waals surface area contributed by atoms with E-state index in [1.165, 1.54) is 23.4 Å². The van der Waals surface area contributed by atoms with Crippen LogP contribution in [0.1, 0.15) is 33.3 Å². The molecule has 10 atom stereocenters. The van der Waals surface area contributed by atoms with Gasteiger partial charge in [0.2, 0.25) is 0 Å². The van der Waals surface area contributed by atoms with Gasteiger partial charge in [-0.15, -0.1) is 0 Å². The molecule has 41 heavy (non-hydrogen) atoms. The number of ether oxygens (including phenoxy) is 8. The van der Waals surface area contributed by atoms with Crippen LogP contribution in [0.4, 0.5) is 0 Å². The van der Waals surface area contributed by atoms with Crippen molar-refractivity contribution in [2.45, 2.75) is 121 Å². The van der Waals surface area contributed by atoms with E-state index in [2.05, 4.69) is 0 Å². The lowest BCUT2D eigenvalue weighted by molar-refractivity contribution is -0.228. The van der Waals surface area contributed by atoms with Gasteiger partial charge in [0.1, 0.15) is 48.8 Å². The van der Waals surface area contributed by atoms with E-state index < -0.39 is 78.7 Å². The number of fused-ring (bicyclic) bond motifs is 3. The van der Waals surface area contributed by atoms with Crippen molar-refractivity contribution < 1.29 is 48.1 Å². The molecule has 1 aromatic carbocycles. The number of hydrogen-bond acceptors (Lipinski definition) is 11. The van der Waals surface area contributed by atoms with Crippen molar-refractivity contribution in [3.8, 4) is 0 Å². The number of benzene rings is 1.